The molecule has 0 bridgehead atoms. The first-order valence-electron chi connectivity index (χ1n) is 8.46. The van der Waals surface area contributed by atoms with Crippen molar-refractivity contribution in [3.05, 3.63) is 46.8 Å². The molecule has 0 atom stereocenters. The van der Waals surface area contributed by atoms with Crippen LogP contribution >= 0.6 is 0 Å². The number of rotatable bonds is 6. The van der Waals surface area contributed by atoms with Crippen molar-refractivity contribution < 1.29 is 8.42 Å². The molecule has 6 heteroatoms. The van der Waals surface area contributed by atoms with Gasteiger partial charge in [0.2, 0.25) is 10.0 Å². The third kappa shape index (κ3) is 3.13. The molecule has 1 aromatic carbocycles. The fraction of sp³-hybridized carbons (Fsp3) is 0.500. The highest BCUT2D eigenvalue weighted by atomic mass is 32.2. The maximum absolute atomic E-state index is 13.1. The molecule has 5 nitrogen and oxygen atoms in total. The molecular weight excluding hydrogens is 322 g/mol. The standard InChI is InChI=1S/C18H25N3O2S/c1-5-21(17-9-10-17)24(22,23)18-14(3)19-20(15(18)4)12-16-8-6-7-13(2)11-16/h6-8,11,17H,5,9-10,12H2,1-4H3. The minimum atomic E-state index is -3.48. The van der Waals surface area contributed by atoms with Gasteiger partial charge >= 0.3 is 0 Å². The van der Waals surface area contributed by atoms with Gasteiger partial charge in [-0.3, -0.25) is 4.68 Å². The molecule has 1 aliphatic carbocycles. The minimum Gasteiger partial charge on any atom is -0.264 e. The lowest BCUT2D eigenvalue weighted by molar-refractivity contribution is 0.420. The fourth-order valence-electron chi connectivity index (χ4n) is 3.30. The lowest BCUT2D eigenvalue weighted by Crippen LogP contribution is -2.33. The van der Waals surface area contributed by atoms with Crippen molar-refractivity contribution in [2.45, 2.75) is 58.0 Å². The lowest BCUT2D eigenvalue weighted by Gasteiger charge is -2.20. The number of aryl methyl sites for hydroxylation is 2. The second-order valence-electron chi connectivity index (χ2n) is 6.59. The van der Waals surface area contributed by atoms with Gasteiger partial charge in [0.05, 0.1) is 17.9 Å². The zero-order chi connectivity index (χ0) is 17.5. The van der Waals surface area contributed by atoms with Gasteiger partial charge in [0, 0.05) is 12.6 Å². The van der Waals surface area contributed by atoms with Crippen LogP contribution in [0.25, 0.3) is 0 Å². The van der Waals surface area contributed by atoms with Crippen LogP contribution in [-0.4, -0.2) is 35.1 Å². The van der Waals surface area contributed by atoms with E-state index in [9.17, 15) is 8.42 Å². The van der Waals surface area contributed by atoms with E-state index in [-0.39, 0.29) is 6.04 Å². The Hall–Kier alpha value is -1.66. The Labute approximate surface area is 144 Å². The molecule has 0 N–H and O–H groups in total. The number of sulfonamides is 1. The lowest BCUT2D eigenvalue weighted by atomic mass is 10.1. The van der Waals surface area contributed by atoms with Crippen molar-refractivity contribution in [3.63, 3.8) is 0 Å². The summed E-state index contributed by atoms with van der Waals surface area (Å²) in [7, 11) is -3.48. The number of hydrogen-bond acceptors (Lipinski definition) is 3. The van der Waals surface area contributed by atoms with Gasteiger partial charge < -0.3 is 0 Å². The van der Waals surface area contributed by atoms with E-state index >= 15 is 0 Å². The summed E-state index contributed by atoms with van der Waals surface area (Å²) in [5, 5.41) is 4.51. The highest BCUT2D eigenvalue weighted by Crippen LogP contribution is 2.33. The van der Waals surface area contributed by atoms with E-state index in [1.807, 2.05) is 26.0 Å². The molecule has 3 rings (SSSR count). The normalized spacial score (nSPS) is 15.2. The second-order valence-corrected chi connectivity index (χ2v) is 8.41. The van der Waals surface area contributed by atoms with E-state index in [4.69, 9.17) is 0 Å². The smallest absolute Gasteiger partial charge is 0.246 e. The Morgan fingerprint density at radius 3 is 2.54 bits per heavy atom. The second kappa shape index (κ2) is 6.33. The Balaban J connectivity index is 1.97. The van der Waals surface area contributed by atoms with Crippen LogP contribution in [0.3, 0.4) is 0 Å². The molecule has 0 spiro atoms. The van der Waals surface area contributed by atoms with E-state index in [1.165, 1.54) is 5.56 Å². The van der Waals surface area contributed by atoms with Gasteiger partial charge in [-0.15, -0.1) is 0 Å². The molecule has 0 radical (unpaired) electrons. The van der Waals surface area contributed by atoms with Crippen molar-refractivity contribution in [2.24, 2.45) is 0 Å². The molecule has 0 amide bonds. The Morgan fingerprint density at radius 1 is 1.25 bits per heavy atom. The summed E-state index contributed by atoms with van der Waals surface area (Å²) in [5.41, 5.74) is 3.61. The number of nitrogens with zero attached hydrogens (tertiary/aromatic N) is 3. The van der Waals surface area contributed by atoms with E-state index in [0.29, 0.717) is 29.4 Å². The highest BCUT2D eigenvalue weighted by molar-refractivity contribution is 7.89. The van der Waals surface area contributed by atoms with E-state index in [1.54, 1.807) is 15.9 Å². The predicted molar refractivity (Wildman–Crippen MR) is 94.6 cm³/mol. The van der Waals surface area contributed by atoms with Gasteiger partial charge in [-0.25, -0.2) is 8.42 Å². The SMILES string of the molecule is CCN(C1CC1)S(=O)(=O)c1c(C)nn(Cc2cccc(C)c2)c1C. The first-order valence-corrected chi connectivity index (χ1v) is 9.90. The van der Waals surface area contributed by atoms with Gasteiger partial charge in [-0.1, -0.05) is 36.8 Å². The van der Waals surface area contributed by atoms with Crippen LogP contribution in [0.5, 0.6) is 0 Å². The molecule has 1 fully saturated rings. The first-order chi connectivity index (χ1) is 11.3. The first kappa shape index (κ1) is 17.2. The molecule has 0 unspecified atom stereocenters. The average molecular weight is 347 g/mol. The van der Waals surface area contributed by atoms with Gasteiger partial charge in [0.25, 0.3) is 0 Å². The zero-order valence-electron chi connectivity index (χ0n) is 14.8. The Morgan fingerprint density at radius 2 is 1.96 bits per heavy atom. The van der Waals surface area contributed by atoms with Gasteiger partial charge in [-0.05, 0) is 39.2 Å². The van der Waals surface area contributed by atoms with Crippen LogP contribution < -0.4 is 0 Å². The molecule has 1 heterocycles. The molecular formula is C18H25N3O2S. The van der Waals surface area contributed by atoms with Crippen LogP contribution in [-0.2, 0) is 16.6 Å². The highest BCUT2D eigenvalue weighted by Gasteiger charge is 2.39. The molecule has 0 saturated heterocycles. The van der Waals surface area contributed by atoms with E-state index in [2.05, 4.69) is 24.2 Å². The van der Waals surface area contributed by atoms with Gasteiger partial charge in [0.15, 0.2) is 0 Å². The summed E-state index contributed by atoms with van der Waals surface area (Å²) >= 11 is 0. The molecule has 2 aromatic rings. The molecule has 1 saturated carbocycles. The quantitative estimate of drug-likeness (QED) is 0.807. The Bertz CT molecular complexity index is 851. The van der Waals surface area contributed by atoms with Crippen LogP contribution in [0.2, 0.25) is 0 Å². The summed E-state index contributed by atoms with van der Waals surface area (Å²) in [6.07, 6.45) is 1.92. The van der Waals surface area contributed by atoms with Crippen molar-refractivity contribution in [3.8, 4) is 0 Å². The summed E-state index contributed by atoms with van der Waals surface area (Å²) in [4.78, 5) is 0.379. The Kier molecular flexibility index (Phi) is 4.53. The summed E-state index contributed by atoms with van der Waals surface area (Å²) in [5.74, 6) is 0. The molecule has 1 aromatic heterocycles. The topological polar surface area (TPSA) is 55.2 Å². The third-order valence-electron chi connectivity index (χ3n) is 4.56. The monoisotopic (exact) mass is 347 g/mol. The van der Waals surface area contributed by atoms with Crippen molar-refractivity contribution in [1.82, 2.24) is 14.1 Å². The number of hydrogen-bond donors (Lipinski definition) is 0. The van der Waals surface area contributed by atoms with Crippen LogP contribution in [0.4, 0.5) is 0 Å². The number of benzene rings is 1. The van der Waals surface area contributed by atoms with Crippen molar-refractivity contribution in [1.29, 1.82) is 0 Å². The average Bonchev–Trinajstić information content (AvgIpc) is 3.27. The van der Waals surface area contributed by atoms with Crippen LogP contribution in [0.15, 0.2) is 29.2 Å². The van der Waals surface area contributed by atoms with E-state index in [0.717, 1.165) is 18.4 Å². The summed E-state index contributed by atoms with van der Waals surface area (Å²) in [6.45, 7) is 8.68. The molecule has 24 heavy (non-hydrogen) atoms. The number of aromatic nitrogens is 2. The maximum atomic E-state index is 13.1. The zero-order valence-corrected chi connectivity index (χ0v) is 15.6. The van der Waals surface area contributed by atoms with E-state index < -0.39 is 10.0 Å². The summed E-state index contributed by atoms with van der Waals surface area (Å²) < 4.78 is 29.6. The van der Waals surface area contributed by atoms with Crippen molar-refractivity contribution >= 4 is 10.0 Å². The minimum absolute atomic E-state index is 0.166. The predicted octanol–water partition coefficient (Wildman–Crippen LogP) is 3.03. The van der Waals surface area contributed by atoms with Gasteiger partial charge in [-0.2, -0.15) is 9.40 Å². The third-order valence-corrected chi connectivity index (χ3v) is 6.84. The largest absolute Gasteiger partial charge is 0.264 e. The van der Waals surface area contributed by atoms with Crippen LogP contribution in [0.1, 0.15) is 42.3 Å². The van der Waals surface area contributed by atoms with Crippen molar-refractivity contribution in [2.75, 3.05) is 6.54 Å². The molecule has 1 aliphatic rings. The summed E-state index contributed by atoms with van der Waals surface area (Å²) in [6, 6.07) is 8.38. The molecule has 130 valence electrons. The van der Waals surface area contributed by atoms with Crippen LogP contribution in [0, 0.1) is 20.8 Å². The molecule has 0 aliphatic heterocycles. The van der Waals surface area contributed by atoms with Gasteiger partial charge in [0.1, 0.15) is 4.90 Å². The fourth-order valence-corrected chi connectivity index (χ4v) is 5.37. The maximum Gasteiger partial charge on any atom is 0.246 e.